The summed E-state index contributed by atoms with van der Waals surface area (Å²) in [4.78, 5) is 36.1. The van der Waals surface area contributed by atoms with Crippen LogP contribution < -0.4 is 10.2 Å². The maximum atomic E-state index is 13.0. The lowest BCUT2D eigenvalue weighted by Crippen LogP contribution is -2.36. The number of furan rings is 1. The second kappa shape index (κ2) is 10.4. The second-order valence-electron chi connectivity index (χ2n) is 10.2. The molecule has 1 fully saturated rings. The van der Waals surface area contributed by atoms with E-state index in [0.717, 1.165) is 22.1 Å². The van der Waals surface area contributed by atoms with Crippen molar-refractivity contribution >= 4 is 45.5 Å². The van der Waals surface area contributed by atoms with Crippen LogP contribution >= 0.6 is 0 Å². The predicted octanol–water partition coefficient (Wildman–Crippen LogP) is 5.15. The number of nitrogens with one attached hydrogen (secondary N) is 1. The molecule has 0 bridgehead atoms. The number of hydrogen-bond acceptors (Lipinski definition) is 7. The standard InChI is InChI=1S/C31H28N4O5/c1-18-32-28-24-7-2-3-8-26(24)40-29(28)30(33-18)35-16-20(14-25(35)31(38)39)15-27(37)34-23-11-9-21(10-12-23)22-6-4-5-19(13-22)17-36/h2-13,20,25,36H,14-17H2,1H3,(H,34,37)(H,38,39)/t20-,25+/m1/s1. The number of anilines is 2. The van der Waals surface area contributed by atoms with Crippen LogP contribution in [-0.2, 0) is 16.2 Å². The average Bonchev–Trinajstić information content (AvgIpc) is 3.55. The third-order valence-corrected chi connectivity index (χ3v) is 7.34. The number of nitrogens with zero attached hydrogens (tertiary/aromatic N) is 3. The van der Waals surface area contributed by atoms with Gasteiger partial charge >= 0.3 is 5.97 Å². The summed E-state index contributed by atoms with van der Waals surface area (Å²) in [5.41, 5.74) is 5.20. The van der Waals surface area contributed by atoms with Gasteiger partial charge in [-0.25, -0.2) is 14.8 Å². The number of aliphatic hydroxyl groups is 1. The fourth-order valence-electron chi connectivity index (χ4n) is 5.49. The number of rotatable bonds is 7. The highest BCUT2D eigenvalue weighted by atomic mass is 16.4. The van der Waals surface area contributed by atoms with Crippen LogP contribution in [0.3, 0.4) is 0 Å². The summed E-state index contributed by atoms with van der Waals surface area (Å²) in [7, 11) is 0. The summed E-state index contributed by atoms with van der Waals surface area (Å²) in [5, 5.41) is 23.2. The Kier molecular flexibility index (Phi) is 6.65. The number of aliphatic hydroxyl groups excluding tert-OH is 1. The first-order chi connectivity index (χ1) is 19.4. The molecule has 202 valence electrons. The van der Waals surface area contributed by atoms with Crippen molar-refractivity contribution in [3.63, 3.8) is 0 Å². The van der Waals surface area contributed by atoms with E-state index in [1.54, 1.807) is 11.8 Å². The van der Waals surface area contributed by atoms with Crippen LogP contribution in [0.2, 0.25) is 0 Å². The zero-order valence-electron chi connectivity index (χ0n) is 21.9. The summed E-state index contributed by atoms with van der Waals surface area (Å²) < 4.78 is 6.08. The summed E-state index contributed by atoms with van der Waals surface area (Å²) in [6.45, 7) is 2.10. The van der Waals surface area contributed by atoms with E-state index in [4.69, 9.17) is 4.42 Å². The number of aryl methyl sites for hydroxylation is 1. The zero-order valence-corrected chi connectivity index (χ0v) is 21.9. The first-order valence-electron chi connectivity index (χ1n) is 13.1. The molecule has 1 amide bonds. The third kappa shape index (κ3) is 4.87. The summed E-state index contributed by atoms with van der Waals surface area (Å²) >= 11 is 0. The number of carbonyl (C=O) groups is 2. The van der Waals surface area contributed by atoms with Crippen LogP contribution in [0.25, 0.3) is 33.2 Å². The molecule has 0 radical (unpaired) electrons. The Bertz CT molecular complexity index is 1730. The lowest BCUT2D eigenvalue weighted by molar-refractivity contribution is -0.138. The number of aromatic nitrogens is 2. The van der Waals surface area contributed by atoms with Crippen LogP contribution in [0.1, 0.15) is 24.2 Å². The van der Waals surface area contributed by atoms with Crippen LogP contribution in [0.5, 0.6) is 0 Å². The molecule has 3 heterocycles. The van der Waals surface area contributed by atoms with Crippen molar-refractivity contribution in [3.05, 3.63) is 84.2 Å². The van der Waals surface area contributed by atoms with Crippen molar-refractivity contribution in [1.29, 1.82) is 0 Å². The molecule has 0 spiro atoms. The number of carboxylic acid groups (broad SMARTS) is 1. The van der Waals surface area contributed by atoms with E-state index in [-0.39, 0.29) is 24.9 Å². The van der Waals surface area contributed by atoms with Gasteiger partial charge in [-0.1, -0.05) is 42.5 Å². The van der Waals surface area contributed by atoms with Gasteiger partial charge in [-0.3, -0.25) is 4.79 Å². The van der Waals surface area contributed by atoms with Gasteiger partial charge in [0.1, 0.15) is 23.0 Å². The molecule has 1 aliphatic heterocycles. The van der Waals surface area contributed by atoms with Crippen molar-refractivity contribution in [2.75, 3.05) is 16.8 Å². The van der Waals surface area contributed by atoms with Crippen LogP contribution in [0, 0.1) is 12.8 Å². The molecule has 0 unspecified atom stereocenters. The van der Waals surface area contributed by atoms with E-state index in [1.807, 2.05) is 72.8 Å². The quantitative estimate of drug-likeness (QED) is 0.260. The van der Waals surface area contributed by atoms with E-state index < -0.39 is 12.0 Å². The number of amides is 1. The van der Waals surface area contributed by atoms with Gasteiger partial charge in [-0.05, 0) is 66.3 Å². The minimum absolute atomic E-state index is 0.0245. The number of carbonyl (C=O) groups excluding carboxylic acids is 1. The number of hydrogen-bond donors (Lipinski definition) is 3. The Labute approximate surface area is 230 Å². The number of carboxylic acids is 1. The molecule has 40 heavy (non-hydrogen) atoms. The average molecular weight is 537 g/mol. The molecule has 3 N–H and O–H groups in total. The molecule has 3 aromatic carbocycles. The smallest absolute Gasteiger partial charge is 0.326 e. The van der Waals surface area contributed by atoms with E-state index in [0.29, 0.717) is 47.0 Å². The largest absolute Gasteiger partial charge is 0.480 e. The van der Waals surface area contributed by atoms with Gasteiger partial charge in [0.15, 0.2) is 11.4 Å². The van der Waals surface area contributed by atoms with Crippen molar-refractivity contribution in [1.82, 2.24) is 9.97 Å². The Hall–Kier alpha value is -4.76. The Balaban J connectivity index is 1.19. The Morgan fingerprint density at radius 2 is 1.82 bits per heavy atom. The molecule has 6 rings (SSSR count). The molecular formula is C31H28N4O5. The predicted molar refractivity (Wildman–Crippen MR) is 152 cm³/mol. The number of para-hydroxylation sites is 1. The molecule has 1 saturated heterocycles. The first kappa shape index (κ1) is 25.5. The monoisotopic (exact) mass is 536 g/mol. The van der Waals surface area contributed by atoms with Crippen molar-refractivity contribution < 1.29 is 24.2 Å². The maximum absolute atomic E-state index is 13.0. The topological polar surface area (TPSA) is 129 Å². The molecule has 9 heteroatoms. The van der Waals surface area contributed by atoms with Gasteiger partial charge < -0.3 is 24.8 Å². The number of benzene rings is 3. The lowest BCUT2D eigenvalue weighted by atomic mass is 10.0. The fourth-order valence-corrected chi connectivity index (χ4v) is 5.49. The van der Waals surface area contributed by atoms with Crippen molar-refractivity contribution in [2.45, 2.75) is 32.4 Å². The molecule has 2 aromatic heterocycles. The van der Waals surface area contributed by atoms with Crippen molar-refractivity contribution in [3.8, 4) is 11.1 Å². The summed E-state index contributed by atoms with van der Waals surface area (Å²) in [6.07, 6.45) is 0.488. The molecule has 1 aliphatic rings. The number of aliphatic carboxylic acids is 1. The van der Waals surface area contributed by atoms with Crippen LogP contribution in [0.4, 0.5) is 11.5 Å². The molecule has 2 atom stereocenters. The van der Waals surface area contributed by atoms with Gasteiger partial charge in [0.05, 0.1) is 6.61 Å². The van der Waals surface area contributed by atoms with Gasteiger partial charge in [0.2, 0.25) is 5.91 Å². The van der Waals surface area contributed by atoms with E-state index >= 15 is 0 Å². The summed E-state index contributed by atoms with van der Waals surface area (Å²) in [5.74, 6) is -0.375. The molecule has 9 nitrogen and oxygen atoms in total. The summed E-state index contributed by atoms with van der Waals surface area (Å²) in [6, 6.07) is 21.9. The molecule has 5 aromatic rings. The fraction of sp³-hybridized carbons (Fsp3) is 0.226. The second-order valence-corrected chi connectivity index (χ2v) is 10.2. The Morgan fingerprint density at radius 3 is 2.60 bits per heavy atom. The van der Waals surface area contributed by atoms with E-state index in [1.165, 1.54) is 0 Å². The van der Waals surface area contributed by atoms with Crippen molar-refractivity contribution in [2.24, 2.45) is 5.92 Å². The highest BCUT2D eigenvalue weighted by Crippen LogP contribution is 2.38. The van der Waals surface area contributed by atoms with E-state index in [9.17, 15) is 19.8 Å². The molecule has 0 aliphatic carbocycles. The van der Waals surface area contributed by atoms with Crippen LogP contribution in [0.15, 0.2) is 77.2 Å². The molecular weight excluding hydrogens is 508 g/mol. The van der Waals surface area contributed by atoms with Gasteiger partial charge in [0, 0.05) is 24.0 Å². The highest BCUT2D eigenvalue weighted by Gasteiger charge is 2.40. The third-order valence-electron chi connectivity index (χ3n) is 7.34. The lowest BCUT2D eigenvalue weighted by Gasteiger charge is -2.22. The normalized spacial score (nSPS) is 17.0. The van der Waals surface area contributed by atoms with E-state index in [2.05, 4.69) is 15.3 Å². The maximum Gasteiger partial charge on any atom is 0.326 e. The van der Waals surface area contributed by atoms with Gasteiger partial charge in [0.25, 0.3) is 0 Å². The molecule has 0 saturated carbocycles. The number of fused-ring (bicyclic) bond motifs is 3. The minimum atomic E-state index is -0.968. The minimum Gasteiger partial charge on any atom is -0.480 e. The first-order valence-corrected chi connectivity index (χ1v) is 13.1. The Morgan fingerprint density at radius 1 is 1.02 bits per heavy atom. The van der Waals surface area contributed by atoms with Gasteiger partial charge in [-0.15, -0.1) is 0 Å². The van der Waals surface area contributed by atoms with Gasteiger partial charge in [-0.2, -0.15) is 0 Å². The highest BCUT2D eigenvalue weighted by molar-refractivity contribution is 6.06. The van der Waals surface area contributed by atoms with Crippen LogP contribution in [-0.4, -0.2) is 44.6 Å². The zero-order chi connectivity index (χ0) is 27.8. The SMILES string of the molecule is Cc1nc(N2C[C@@H](CC(=O)Nc3ccc(-c4cccc(CO)c4)cc3)C[C@H]2C(=O)O)c2oc3ccccc3c2n1.